The molecule has 0 radical (unpaired) electrons. The van der Waals surface area contributed by atoms with Crippen LogP contribution in [0.2, 0.25) is 0 Å². The van der Waals surface area contributed by atoms with Gasteiger partial charge in [-0.2, -0.15) is 0 Å². The largest absolute Gasteiger partial charge is 0.465 e. The average molecular weight is 504 g/mol. The van der Waals surface area contributed by atoms with Crippen LogP contribution in [-0.4, -0.2) is 47.4 Å². The summed E-state index contributed by atoms with van der Waals surface area (Å²) in [6, 6.07) is 7.45. The van der Waals surface area contributed by atoms with Crippen molar-refractivity contribution in [3.63, 3.8) is 0 Å². The number of hydrogen-bond donors (Lipinski definition) is 2. The van der Waals surface area contributed by atoms with E-state index in [1.54, 1.807) is 4.90 Å². The fourth-order valence-electron chi connectivity index (χ4n) is 3.63. The van der Waals surface area contributed by atoms with Gasteiger partial charge in [0.25, 0.3) is 0 Å². The van der Waals surface area contributed by atoms with Crippen LogP contribution in [0.1, 0.15) is 33.3 Å². The number of aromatic amines is 1. The van der Waals surface area contributed by atoms with Crippen molar-refractivity contribution in [2.45, 2.75) is 31.8 Å². The molecule has 0 saturated heterocycles. The number of carbonyl (C=O) groups excluding carboxylic acids is 3. The van der Waals surface area contributed by atoms with Crippen molar-refractivity contribution < 1.29 is 28.3 Å². The molecule has 0 atom stereocenters. The molecule has 3 aromatic rings. The van der Waals surface area contributed by atoms with Crippen LogP contribution in [0.25, 0.3) is 5.69 Å². The first-order chi connectivity index (χ1) is 16.3. The maximum Gasteiger partial charge on any atom is 0.442 e. The molecule has 0 aliphatic carbocycles. The molecule has 3 heterocycles. The third-order valence-corrected chi connectivity index (χ3v) is 7.55. The van der Waals surface area contributed by atoms with Gasteiger partial charge in [0.15, 0.2) is 0 Å². The van der Waals surface area contributed by atoms with Crippen molar-refractivity contribution >= 4 is 45.9 Å². The van der Waals surface area contributed by atoms with Gasteiger partial charge in [0.2, 0.25) is 17.5 Å². The molecule has 0 fully saturated rings. The fraction of sp³-hybridized carbons (Fsp3) is 0.318. The molecule has 1 aromatic carbocycles. The Bertz CT molecular complexity index is 1310. The van der Waals surface area contributed by atoms with Gasteiger partial charge in [-0.15, -0.1) is 11.3 Å². The first-order valence-electron chi connectivity index (χ1n) is 10.4. The number of anilines is 1. The van der Waals surface area contributed by atoms with Crippen LogP contribution in [0, 0.1) is 6.92 Å². The number of H-pyrrole nitrogens is 1. The molecule has 0 bridgehead atoms. The molecule has 10 nitrogen and oxygen atoms in total. The number of fused-ring (bicyclic) bond motifs is 1. The van der Waals surface area contributed by atoms with E-state index in [9.17, 15) is 19.2 Å². The first-order valence-corrected chi connectivity index (χ1v) is 12.2. The van der Waals surface area contributed by atoms with Gasteiger partial charge < -0.3 is 15.0 Å². The number of nitrogens with zero attached hydrogens (tertiary/aromatic N) is 2. The number of hydrogen-bond acceptors (Lipinski definition) is 8. The van der Waals surface area contributed by atoms with E-state index in [-0.39, 0.29) is 16.7 Å². The number of ether oxygens (including phenoxy) is 1. The third-order valence-electron chi connectivity index (χ3n) is 5.38. The highest BCUT2D eigenvalue weighted by atomic mass is 32.2. The summed E-state index contributed by atoms with van der Waals surface area (Å²) < 4.78 is 11.3. The highest BCUT2D eigenvalue weighted by molar-refractivity contribution is 7.99. The lowest BCUT2D eigenvalue weighted by molar-refractivity contribution is -0.704. The minimum atomic E-state index is -0.593. The monoisotopic (exact) mass is 503 g/mol. The molecule has 0 spiro atoms. The Balaban J connectivity index is 1.52. The summed E-state index contributed by atoms with van der Waals surface area (Å²) in [5, 5.41) is 5.92. The topological polar surface area (TPSA) is 126 Å². The Morgan fingerprint density at radius 3 is 2.71 bits per heavy atom. The highest BCUT2D eigenvalue weighted by Crippen LogP contribution is 2.37. The average Bonchev–Trinajstić information content (AvgIpc) is 3.36. The van der Waals surface area contributed by atoms with Gasteiger partial charge in [-0.3, -0.25) is 14.1 Å². The summed E-state index contributed by atoms with van der Waals surface area (Å²) in [7, 11) is 1.29. The molecule has 12 heteroatoms. The van der Waals surface area contributed by atoms with Crippen molar-refractivity contribution in [3.05, 3.63) is 56.3 Å². The molecule has 0 unspecified atom stereocenters. The lowest BCUT2D eigenvalue weighted by Crippen LogP contribution is -2.36. The van der Waals surface area contributed by atoms with Crippen LogP contribution in [0.15, 0.2) is 38.6 Å². The summed E-state index contributed by atoms with van der Waals surface area (Å²) in [5.74, 6) is -1.07. The van der Waals surface area contributed by atoms with E-state index < -0.39 is 17.5 Å². The number of carbonyl (C=O) groups is 3. The van der Waals surface area contributed by atoms with Gasteiger partial charge >= 0.3 is 16.6 Å². The number of thioether (sulfide) groups is 1. The summed E-state index contributed by atoms with van der Waals surface area (Å²) >= 11 is 2.27. The van der Waals surface area contributed by atoms with Gasteiger partial charge in [-0.05, 0) is 40.6 Å². The number of benzene rings is 1. The summed E-state index contributed by atoms with van der Waals surface area (Å²) in [6.07, 6.45) is 0.501. The van der Waals surface area contributed by atoms with Gasteiger partial charge in [0, 0.05) is 30.5 Å². The van der Waals surface area contributed by atoms with E-state index in [1.807, 2.05) is 31.2 Å². The lowest BCUT2D eigenvalue weighted by Gasteiger charge is -2.25. The molecular formula is C22H23N4O6S2+. The second kappa shape index (κ2) is 9.85. The summed E-state index contributed by atoms with van der Waals surface area (Å²) in [6.45, 7) is 4.33. The zero-order valence-corrected chi connectivity index (χ0v) is 20.4. The van der Waals surface area contributed by atoms with Crippen LogP contribution in [0.5, 0.6) is 0 Å². The number of nitrogens with one attached hydrogen (secondary N) is 2. The van der Waals surface area contributed by atoms with Crippen molar-refractivity contribution in [1.82, 2.24) is 10.2 Å². The Kier molecular flexibility index (Phi) is 6.89. The zero-order valence-electron chi connectivity index (χ0n) is 18.8. The lowest BCUT2D eigenvalue weighted by atomic mass is 10.0. The smallest absolute Gasteiger partial charge is 0.442 e. The Hall–Kier alpha value is -3.38. The number of thiophene rings is 1. The van der Waals surface area contributed by atoms with Gasteiger partial charge in [-0.1, -0.05) is 17.7 Å². The molecule has 4 rings (SSSR count). The number of aromatic nitrogens is 2. The zero-order chi connectivity index (χ0) is 24.4. The number of esters is 1. The Morgan fingerprint density at radius 1 is 1.29 bits per heavy atom. The minimum absolute atomic E-state index is 0.0483. The normalized spacial score (nSPS) is 12.9. The summed E-state index contributed by atoms with van der Waals surface area (Å²) in [4.78, 5) is 51.7. The standard InChI is InChI=1S/C22H22N4O6S2/c1-12-4-6-14(7-5-12)26-20(22(30)32-24-26)33-11-17(28)23-19-18(21(29)31-3)15-8-9-25(13(2)27)10-16(15)34-19/h4-7H,8-11H2,1-3H3,(H-,23,24,28,29,30)/p+1. The number of aryl methyl sites for hydroxylation is 1. The van der Waals surface area contributed by atoms with Crippen LogP contribution in [-0.2, 0) is 27.3 Å². The predicted molar refractivity (Wildman–Crippen MR) is 125 cm³/mol. The first kappa shape index (κ1) is 23.8. The number of amides is 2. The fourth-order valence-corrected chi connectivity index (χ4v) is 5.66. The molecule has 1 aliphatic rings. The van der Waals surface area contributed by atoms with Crippen LogP contribution < -0.4 is 15.6 Å². The molecule has 2 amide bonds. The third kappa shape index (κ3) is 4.77. The van der Waals surface area contributed by atoms with Crippen molar-refractivity contribution in [1.29, 1.82) is 0 Å². The van der Waals surface area contributed by atoms with Gasteiger partial charge in [-0.25, -0.2) is 9.59 Å². The van der Waals surface area contributed by atoms with Crippen LogP contribution in [0.3, 0.4) is 0 Å². The molecular weight excluding hydrogens is 480 g/mol. The van der Waals surface area contributed by atoms with E-state index >= 15 is 0 Å². The van der Waals surface area contributed by atoms with E-state index in [0.717, 1.165) is 27.8 Å². The van der Waals surface area contributed by atoms with Crippen LogP contribution in [0.4, 0.5) is 5.00 Å². The molecule has 34 heavy (non-hydrogen) atoms. The van der Waals surface area contributed by atoms with Crippen molar-refractivity contribution in [2.75, 3.05) is 24.7 Å². The quantitative estimate of drug-likeness (QED) is 0.300. The molecule has 2 aromatic heterocycles. The van der Waals surface area contributed by atoms with Gasteiger partial charge in [0.05, 0.1) is 25.0 Å². The van der Waals surface area contributed by atoms with Crippen molar-refractivity contribution in [2.24, 2.45) is 0 Å². The molecule has 178 valence electrons. The van der Waals surface area contributed by atoms with E-state index in [4.69, 9.17) is 9.26 Å². The SMILES string of the molecule is COC(=O)c1c(NC(=O)CSc2c(=O)o[nH][n+]2-c2ccc(C)cc2)sc2c1CCN(C(C)=O)C2. The van der Waals surface area contributed by atoms with Crippen LogP contribution >= 0.6 is 23.1 Å². The maximum absolute atomic E-state index is 12.8. The minimum Gasteiger partial charge on any atom is -0.465 e. The number of rotatable bonds is 6. The molecule has 0 saturated carbocycles. The maximum atomic E-state index is 12.8. The predicted octanol–water partition coefficient (Wildman–Crippen LogP) is 2.04. The molecule has 2 N–H and O–H groups in total. The Morgan fingerprint density at radius 2 is 2.03 bits per heavy atom. The summed E-state index contributed by atoms with van der Waals surface area (Å²) in [5.41, 5.74) is 2.27. The Labute approximate surface area is 202 Å². The number of methoxy groups -OCH3 is 1. The van der Waals surface area contributed by atoms with Gasteiger partial charge in [0.1, 0.15) is 5.00 Å². The second-order valence-corrected chi connectivity index (χ2v) is 9.75. The van der Waals surface area contributed by atoms with E-state index in [0.29, 0.717) is 35.8 Å². The van der Waals surface area contributed by atoms with Crippen molar-refractivity contribution in [3.8, 4) is 5.69 Å². The highest BCUT2D eigenvalue weighted by Gasteiger charge is 2.31. The second-order valence-electron chi connectivity index (χ2n) is 7.68. The van der Waals surface area contributed by atoms with E-state index in [1.165, 1.54) is 30.1 Å². The van der Waals surface area contributed by atoms with E-state index in [2.05, 4.69) is 10.6 Å². The molecule has 1 aliphatic heterocycles.